The minimum Gasteiger partial charge on any atom is -0.348 e. The Balaban J connectivity index is 1.62. The molecule has 3 rings (SSSR count). The summed E-state index contributed by atoms with van der Waals surface area (Å²) in [5.74, 6) is 0.339. The Morgan fingerprint density at radius 2 is 1.75 bits per heavy atom. The highest BCUT2D eigenvalue weighted by Crippen LogP contribution is 2.29. The van der Waals surface area contributed by atoms with Crippen LogP contribution in [0.25, 0.3) is 0 Å². The van der Waals surface area contributed by atoms with Crippen molar-refractivity contribution in [1.82, 2.24) is 10.2 Å². The van der Waals surface area contributed by atoms with Crippen LogP contribution in [0.4, 0.5) is 0 Å². The minimum absolute atomic E-state index is 0.00647. The first kappa shape index (κ1) is 17.0. The highest BCUT2D eigenvalue weighted by atomic mass is 16.2. The topological polar surface area (TPSA) is 49.4 Å². The molecule has 4 nitrogen and oxygen atoms in total. The molecule has 1 saturated heterocycles. The van der Waals surface area contributed by atoms with Crippen LogP contribution in [0.1, 0.15) is 63.5 Å². The maximum absolute atomic E-state index is 12.8. The fourth-order valence-corrected chi connectivity index (χ4v) is 4.02. The lowest BCUT2D eigenvalue weighted by molar-refractivity contribution is -0.142. The van der Waals surface area contributed by atoms with Crippen LogP contribution in [0.3, 0.4) is 0 Å². The second-order valence-corrected chi connectivity index (χ2v) is 7.17. The number of hydrogen-bond donors (Lipinski definition) is 1. The van der Waals surface area contributed by atoms with E-state index in [4.69, 9.17) is 0 Å². The molecule has 1 aromatic carbocycles. The molecule has 0 spiro atoms. The van der Waals surface area contributed by atoms with Gasteiger partial charge in [-0.3, -0.25) is 9.59 Å². The molecule has 2 atom stereocenters. The Bertz CT molecular complexity index is 566. The average molecular weight is 328 g/mol. The van der Waals surface area contributed by atoms with Crippen molar-refractivity contribution in [2.24, 2.45) is 5.92 Å². The van der Waals surface area contributed by atoms with Gasteiger partial charge in [0.1, 0.15) is 6.04 Å². The van der Waals surface area contributed by atoms with E-state index in [2.05, 4.69) is 5.32 Å². The van der Waals surface area contributed by atoms with Gasteiger partial charge in [0.25, 0.3) is 0 Å². The van der Waals surface area contributed by atoms with Gasteiger partial charge in [0.15, 0.2) is 0 Å². The zero-order chi connectivity index (χ0) is 16.9. The summed E-state index contributed by atoms with van der Waals surface area (Å²) < 4.78 is 0. The molecule has 2 aliphatic rings. The molecule has 4 heteroatoms. The van der Waals surface area contributed by atoms with Gasteiger partial charge in [0, 0.05) is 12.5 Å². The van der Waals surface area contributed by atoms with Crippen LogP contribution >= 0.6 is 0 Å². The maximum Gasteiger partial charge on any atom is 0.243 e. The summed E-state index contributed by atoms with van der Waals surface area (Å²) in [6.45, 7) is 2.72. The lowest BCUT2D eigenvalue weighted by Crippen LogP contribution is -2.48. The van der Waals surface area contributed by atoms with Gasteiger partial charge < -0.3 is 10.2 Å². The van der Waals surface area contributed by atoms with E-state index in [-0.39, 0.29) is 29.8 Å². The van der Waals surface area contributed by atoms with E-state index in [1.807, 2.05) is 42.2 Å². The predicted octanol–water partition coefficient (Wildman–Crippen LogP) is 3.44. The van der Waals surface area contributed by atoms with Gasteiger partial charge in [-0.2, -0.15) is 0 Å². The van der Waals surface area contributed by atoms with Crippen molar-refractivity contribution in [2.75, 3.05) is 6.54 Å². The summed E-state index contributed by atoms with van der Waals surface area (Å²) in [7, 11) is 0. The van der Waals surface area contributed by atoms with Crippen LogP contribution in [-0.2, 0) is 9.59 Å². The average Bonchev–Trinajstić information content (AvgIpc) is 3.12. The lowest BCUT2D eigenvalue weighted by atomic mass is 9.88. The molecule has 1 heterocycles. The summed E-state index contributed by atoms with van der Waals surface area (Å²) in [5.41, 5.74) is 1.09. The fraction of sp³-hybridized carbons (Fsp3) is 0.600. The number of carbonyl (C=O) groups is 2. The molecule has 0 radical (unpaired) electrons. The molecule has 1 N–H and O–H groups in total. The molecule has 1 aromatic rings. The number of nitrogens with one attached hydrogen (secondary N) is 1. The van der Waals surface area contributed by atoms with E-state index in [0.717, 1.165) is 50.6 Å². The van der Waals surface area contributed by atoms with Gasteiger partial charge in [-0.05, 0) is 38.2 Å². The summed E-state index contributed by atoms with van der Waals surface area (Å²) >= 11 is 0. The molecule has 1 aliphatic carbocycles. The van der Waals surface area contributed by atoms with Crippen LogP contribution in [0, 0.1) is 5.92 Å². The van der Waals surface area contributed by atoms with Crippen molar-refractivity contribution < 1.29 is 9.59 Å². The molecule has 1 aliphatic heterocycles. The van der Waals surface area contributed by atoms with Crippen molar-refractivity contribution in [2.45, 2.75) is 64.0 Å². The number of rotatable bonds is 4. The second-order valence-electron chi connectivity index (χ2n) is 7.17. The molecule has 0 unspecified atom stereocenters. The number of likely N-dealkylation sites (tertiary alicyclic amines) is 1. The molecule has 0 bridgehead atoms. The molecule has 1 saturated carbocycles. The van der Waals surface area contributed by atoms with Gasteiger partial charge in [-0.25, -0.2) is 0 Å². The largest absolute Gasteiger partial charge is 0.348 e. The van der Waals surface area contributed by atoms with Gasteiger partial charge in [-0.1, -0.05) is 49.6 Å². The van der Waals surface area contributed by atoms with Gasteiger partial charge in [0.05, 0.1) is 6.04 Å². The smallest absolute Gasteiger partial charge is 0.243 e. The number of hydrogen-bond acceptors (Lipinski definition) is 2. The monoisotopic (exact) mass is 328 g/mol. The normalized spacial score (nSPS) is 23.0. The maximum atomic E-state index is 12.8. The van der Waals surface area contributed by atoms with Crippen LogP contribution in [0.5, 0.6) is 0 Å². The van der Waals surface area contributed by atoms with Crippen LogP contribution in [0.15, 0.2) is 30.3 Å². The van der Waals surface area contributed by atoms with E-state index in [1.165, 1.54) is 6.42 Å². The van der Waals surface area contributed by atoms with E-state index in [1.54, 1.807) is 0 Å². The number of benzene rings is 1. The molecular formula is C20H28N2O2. The summed E-state index contributed by atoms with van der Waals surface area (Å²) in [5, 5.41) is 3.09. The molecule has 0 aromatic heterocycles. The van der Waals surface area contributed by atoms with E-state index < -0.39 is 0 Å². The first-order valence-corrected chi connectivity index (χ1v) is 9.32. The van der Waals surface area contributed by atoms with E-state index >= 15 is 0 Å². The standard InChI is InChI=1S/C20H28N2O2/c1-15(16-9-4-2-5-10-16)21-19(23)18-13-8-14-22(18)20(24)17-11-6-3-7-12-17/h2,4-5,9-10,15,17-18H,3,6-8,11-14H2,1H3,(H,21,23)/t15-,18+/m1/s1. The molecule has 24 heavy (non-hydrogen) atoms. The first-order chi connectivity index (χ1) is 11.7. The Kier molecular flexibility index (Phi) is 5.54. The molecular weight excluding hydrogens is 300 g/mol. The van der Waals surface area contributed by atoms with Gasteiger partial charge in [-0.15, -0.1) is 0 Å². The van der Waals surface area contributed by atoms with Crippen LogP contribution in [0.2, 0.25) is 0 Å². The Morgan fingerprint density at radius 3 is 2.46 bits per heavy atom. The van der Waals surface area contributed by atoms with Crippen LogP contribution in [-0.4, -0.2) is 29.3 Å². The molecule has 2 fully saturated rings. The third-order valence-corrected chi connectivity index (χ3v) is 5.45. The highest BCUT2D eigenvalue weighted by molar-refractivity contribution is 5.89. The third kappa shape index (κ3) is 3.80. The summed E-state index contributed by atoms with van der Waals surface area (Å²) in [4.78, 5) is 27.4. The SMILES string of the molecule is C[C@@H](NC(=O)[C@@H]1CCCN1C(=O)C1CCCCC1)c1ccccc1. The number of carbonyl (C=O) groups excluding carboxylic acids is 2. The van der Waals surface area contributed by atoms with E-state index in [9.17, 15) is 9.59 Å². The number of nitrogens with zero attached hydrogens (tertiary/aromatic N) is 1. The Labute approximate surface area is 144 Å². The van der Waals surface area contributed by atoms with Crippen LogP contribution < -0.4 is 5.32 Å². The van der Waals surface area contributed by atoms with Crippen molar-refractivity contribution in [1.29, 1.82) is 0 Å². The Morgan fingerprint density at radius 1 is 1.04 bits per heavy atom. The minimum atomic E-state index is -0.286. The zero-order valence-electron chi connectivity index (χ0n) is 14.5. The van der Waals surface area contributed by atoms with Crippen molar-refractivity contribution in [3.05, 3.63) is 35.9 Å². The quantitative estimate of drug-likeness (QED) is 0.920. The van der Waals surface area contributed by atoms with Crippen molar-refractivity contribution in [3.8, 4) is 0 Å². The lowest BCUT2D eigenvalue weighted by Gasteiger charge is -2.30. The summed E-state index contributed by atoms with van der Waals surface area (Å²) in [6.07, 6.45) is 7.22. The molecule has 2 amide bonds. The van der Waals surface area contributed by atoms with Gasteiger partial charge in [0.2, 0.25) is 11.8 Å². The third-order valence-electron chi connectivity index (χ3n) is 5.45. The first-order valence-electron chi connectivity index (χ1n) is 9.32. The zero-order valence-corrected chi connectivity index (χ0v) is 14.5. The van der Waals surface area contributed by atoms with Gasteiger partial charge >= 0.3 is 0 Å². The second kappa shape index (κ2) is 7.82. The highest BCUT2D eigenvalue weighted by Gasteiger charge is 2.37. The molecule has 130 valence electrons. The predicted molar refractivity (Wildman–Crippen MR) is 94.3 cm³/mol. The summed E-state index contributed by atoms with van der Waals surface area (Å²) in [6, 6.07) is 9.64. The Hall–Kier alpha value is -1.84. The van der Waals surface area contributed by atoms with Crippen molar-refractivity contribution in [3.63, 3.8) is 0 Å². The fourth-order valence-electron chi connectivity index (χ4n) is 4.02. The van der Waals surface area contributed by atoms with E-state index in [0.29, 0.717) is 0 Å². The van der Waals surface area contributed by atoms with Crippen molar-refractivity contribution >= 4 is 11.8 Å². The number of amides is 2.